The number of amides is 1. The van der Waals surface area contributed by atoms with Crippen LogP contribution < -0.4 is 4.74 Å². The molecule has 0 unspecified atom stereocenters. The summed E-state index contributed by atoms with van der Waals surface area (Å²) in [6.45, 7) is 3.38. The maximum Gasteiger partial charge on any atom is 0.305 e. The smallest absolute Gasteiger partial charge is 0.305 e. The normalized spacial score (nSPS) is 13.0. The number of para-hydroxylation sites is 1. The molecule has 0 radical (unpaired) electrons. The lowest BCUT2D eigenvalue weighted by Crippen LogP contribution is -2.32. The van der Waals surface area contributed by atoms with E-state index in [-0.39, 0.29) is 11.9 Å². The average molecular weight is 488 g/mol. The van der Waals surface area contributed by atoms with Crippen LogP contribution in [-0.2, 0) is 16.1 Å². The van der Waals surface area contributed by atoms with Crippen molar-refractivity contribution < 1.29 is 19.1 Å². The van der Waals surface area contributed by atoms with E-state index in [0.717, 1.165) is 47.9 Å². The number of benzene rings is 2. The molecule has 31 heavy (non-hydrogen) atoms. The third-order valence-corrected chi connectivity index (χ3v) is 5.77. The minimum absolute atomic E-state index is 0.0590. The van der Waals surface area contributed by atoms with Crippen molar-refractivity contribution in [2.24, 2.45) is 0 Å². The molecule has 1 amide bonds. The van der Waals surface area contributed by atoms with Gasteiger partial charge in [0.15, 0.2) is 0 Å². The average Bonchev–Trinajstić information content (AvgIpc) is 3.61. The molecule has 1 saturated carbocycles. The van der Waals surface area contributed by atoms with Crippen LogP contribution in [0.1, 0.15) is 61.4 Å². The second-order valence-electron chi connectivity index (χ2n) is 7.74. The Balaban J connectivity index is 1.54. The van der Waals surface area contributed by atoms with Gasteiger partial charge in [0.05, 0.1) is 13.2 Å². The van der Waals surface area contributed by atoms with E-state index in [2.05, 4.69) is 15.9 Å². The van der Waals surface area contributed by atoms with E-state index in [4.69, 9.17) is 9.47 Å². The molecule has 0 saturated heterocycles. The summed E-state index contributed by atoms with van der Waals surface area (Å²) in [5.74, 6) is 0.746. The second kappa shape index (κ2) is 11.9. The molecule has 0 aliphatic heterocycles. The van der Waals surface area contributed by atoms with Crippen LogP contribution >= 0.6 is 15.9 Å². The first kappa shape index (κ1) is 23.3. The summed E-state index contributed by atoms with van der Waals surface area (Å²) < 4.78 is 11.9. The Kier molecular flexibility index (Phi) is 8.95. The number of halogens is 1. The van der Waals surface area contributed by atoms with Gasteiger partial charge in [-0.3, -0.25) is 9.59 Å². The van der Waals surface area contributed by atoms with Gasteiger partial charge in [-0.1, -0.05) is 34.1 Å². The number of carbonyl (C=O) groups is 2. The van der Waals surface area contributed by atoms with Gasteiger partial charge in [0.1, 0.15) is 5.75 Å². The molecule has 0 atom stereocenters. The molecule has 0 spiro atoms. The molecule has 0 aromatic heterocycles. The zero-order chi connectivity index (χ0) is 22.1. The van der Waals surface area contributed by atoms with Gasteiger partial charge in [-0.15, -0.1) is 0 Å². The minimum Gasteiger partial charge on any atom is -0.493 e. The molecule has 1 aliphatic carbocycles. The molecule has 3 rings (SSSR count). The van der Waals surface area contributed by atoms with Crippen molar-refractivity contribution >= 4 is 27.8 Å². The Labute approximate surface area is 192 Å². The predicted octanol–water partition coefficient (Wildman–Crippen LogP) is 5.76. The molecule has 0 bridgehead atoms. The van der Waals surface area contributed by atoms with Crippen LogP contribution in [0.4, 0.5) is 0 Å². The number of unbranched alkanes of at least 4 members (excludes halogenated alkanes) is 2. The van der Waals surface area contributed by atoms with Crippen molar-refractivity contribution in [3.63, 3.8) is 0 Å². The summed E-state index contributed by atoms with van der Waals surface area (Å²) in [7, 11) is 0. The number of nitrogens with zero attached hydrogens (tertiary/aromatic N) is 1. The molecule has 6 heteroatoms. The summed E-state index contributed by atoms with van der Waals surface area (Å²) in [5, 5.41) is 0. The molecular formula is C25H30BrNO4. The van der Waals surface area contributed by atoms with Gasteiger partial charge in [0.2, 0.25) is 0 Å². The number of carbonyl (C=O) groups excluding carboxylic acids is 2. The van der Waals surface area contributed by atoms with Gasteiger partial charge in [-0.2, -0.15) is 0 Å². The van der Waals surface area contributed by atoms with Crippen LogP contribution in [0.5, 0.6) is 5.75 Å². The maximum absolute atomic E-state index is 13.1. The minimum atomic E-state index is -0.135. The van der Waals surface area contributed by atoms with Crippen molar-refractivity contribution in [2.45, 2.75) is 58.0 Å². The van der Waals surface area contributed by atoms with E-state index >= 15 is 0 Å². The van der Waals surface area contributed by atoms with E-state index in [0.29, 0.717) is 37.8 Å². The van der Waals surface area contributed by atoms with Gasteiger partial charge in [0, 0.05) is 34.6 Å². The first-order chi connectivity index (χ1) is 15.1. The van der Waals surface area contributed by atoms with Gasteiger partial charge in [-0.25, -0.2) is 0 Å². The lowest BCUT2D eigenvalue weighted by atomic mass is 10.1. The molecule has 2 aromatic carbocycles. The molecule has 5 nitrogen and oxygen atoms in total. The summed E-state index contributed by atoms with van der Waals surface area (Å²) >= 11 is 3.43. The van der Waals surface area contributed by atoms with Crippen LogP contribution in [0.15, 0.2) is 53.0 Å². The predicted molar refractivity (Wildman–Crippen MR) is 124 cm³/mol. The number of rotatable bonds is 12. The highest BCUT2D eigenvalue weighted by atomic mass is 79.9. The lowest BCUT2D eigenvalue weighted by molar-refractivity contribution is -0.143. The van der Waals surface area contributed by atoms with Crippen LogP contribution in [0.2, 0.25) is 0 Å². The van der Waals surface area contributed by atoms with Gasteiger partial charge >= 0.3 is 5.97 Å². The summed E-state index contributed by atoms with van der Waals surface area (Å²) in [5.41, 5.74) is 1.72. The van der Waals surface area contributed by atoms with E-state index in [1.54, 1.807) is 0 Å². The quantitative estimate of drug-likeness (QED) is 0.282. The highest BCUT2D eigenvalue weighted by Crippen LogP contribution is 2.32. The van der Waals surface area contributed by atoms with E-state index in [9.17, 15) is 9.59 Å². The summed E-state index contributed by atoms with van der Waals surface area (Å²) in [6, 6.07) is 15.8. The van der Waals surface area contributed by atoms with Gasteiger partial charge in [-0.05, 0) is 69.4 Å². The van der Waals surface area contributed by atoms with E-state index in [1.165, 1.54) is 0 Å². The Morgan fingerprint density at radius 1 is 1.03 bits per heavy atom. The van der Waals surface area contributed by atoms with E-state index in [1.807, 2.05) is 60.4 Å². The highest BCUT2D eigenvalue weighted by molar-refractivity contribution is 9.10. The molecule has 1 aliphatic rings. The topological polar surface area (TPSA) is 55.8 Å². The molecule has 0 heterocycles. The molecule has 166 valence electrons. The number of esters is 1. The fourth-order valence-corrected chi connectivity index (χ4v) is 3.70. The van der Waals surface area contributed by atoms with Crippen LogP contribution in [0, 0.1) is 0 Å². The SMILES string of the molecule is CCOC(=O)CCCCCOc1ccccc1CN(C(=O)c1ccc(Br)cc1)C1CC1. The Hall–Kier alpha value is -2.34. The Morgan fingerprint density at radius 3 is 2.48 bits per heavy atom. The van der Waals surface area contributed by atoms with Crippen molar-refractivity contribution in [2.75, 3.05) is 13.2 Å². The number of hydrogen-bond donors (Lipinski definition) is 0. The molecule has 2 aromatic rings. The van der Waals surface area contributed by atoms with Crippen LogP contribution in [0.25, 0.3) is 0 Å². The van der Waals surface area contributed by atoms with Crippen molar-refractivity contribution in [1.29, 1.82) is 0 Å². The third-order valence-electron chi connectivity index (χ3n) is 5.24. The van der Waals surface area contributed by atoms with Gasteiger partial charge in [0.25, 0.3) is 5.91 Å². The van der Waals surface area contributed by atoms with Gasteiger partial charge < -0.3 is 14.4 Å². The monoisotopic (exact) mass is 487 g/mol. The fraction of sp³-hybridized carbons (Fsp3) is 0.440. The second-order valence-corrected chi connectivity index (χ2v) is 8.66. The first-order valence-electron chi connectivity index (χ1n) is 11.0. The number of hydrogen-bond acceptors (Lipinski definition) is 4. The summed E-state index contributed by atoms with van der Waals surface area (Å²) in [4.78, 5) is 26.5. The van der Waals surface area contributed by atoms with Crippen LogP contribution in [0.3, 0.4) is 0 Å². The van der Waals surface area contributed by atoms with Crippen LogP contribution in [-0.4, -0.2) is 36.0 Å². The highest BCUT2D eigenvalue weighted by Gasteiger charge is 2.33. The number of ether oxygens (including phenoxy) is 2. The van der Waals surface area contributed by atoms with Crippen molar-refractivity contribution in [3.05, 3.63) is 64.1 Å². The Bertz CT molecular complexity index is 864. The fourth-order valence-electron chi connectivity index (χ4n) is 3.43. The zero-order valence-electron chi connectivity index (χ0n) is 18.0. The molecule has 1 fully saturated rings. The van der Waals surface area contributed by atoms with Crippen molar-refractivity contribution in [3.8, 4) is 5.75 Å². The lowest BCUT2D eigenvalue weighted by Gasteiger charge is -2.24. The Morgan fingerprint density at radius 2 is 1.77 bits per heavy atom. The first-order valence-corrected chi connectivity index (χ1v) is 11.8. The van der Waals surface area contributed by atoms with E-state index < -0.39 is 0 Å². The maximum atomic E-state index is 13.1. The molecular weight excluding hydrogens is 458 g/mol. The molecule has 0 N–H and O–H groups in total. The largest absolute Gasteiger partial charge is 0.493 e. The standard InChI is InChI=1S/C25H30BrNO4/c1-2-30-24(28)10-4-3-7-17-31-23-9-6-5-8-20(23)18-27(22-15-16-22)25(29)19-11-13-21(26)14-12-19/h5-6,8-9,11-14,22H,2-4,7,10,15-18H2,1H3. The summed E-state index contributed by atoms with van der Waals surface area (Å²) in [6.07, 6.45) is 5.15. The van der Waals surface area contributed by atoms with Crippen molar-refractivity contribution in [1.82, 2.24) is 4.90 Å². The third kappa shape index (κ3) is 7.39. The zero-order valence-corrected chi connectivity index (χ0v) is 19.6.